The van der Waals surface area contributed by atoms with Crippen molar-refractivity contribution in [3.05, 3.63) is 139 Å². The summed E-state index contributed by atoms with van der Waals surface area (Å²) in [4.78, 5) is 40.3. The van der Waals surface area contributed by atoms with Gasteiger partial charge in [0.15, 0.2) is 0 Å². The fourth-order valence-corrected chi connectivity index (χ4v) is 4.57. The summed E-state index contributed by atoms with van der Waals surface area (Å²) in [6.07, 6.45) is 4.82. The van der Waals surface area contributed by atoms with E-state index in [2.05, 4.69) is 10.3 Å². The molecule has 0 saturated carbocycles. The van der Waals surface area contributed by atoms with E-state index in [0.29, 0.717) is 28.0 Å². The largest absolute Gasteiger partial charge is 0.360 e. The van der Waals surface area contributed by atoms with Crippen LogP contribution in [0.25, 0.3) is 10.9 Å². The zero-order valence-corrected chi connectivity index (χ0v) is 21.3. The second kappa shape index (κ2) is 10.5. The lowest BCUT2D eigenvalue weighted by molar-refractivity contribution is 0.0949. The van der Waals surface area contributed by atoms with Gasteiger partial charge in [0.2, 0.25) is 0 Å². The highest BCUT2D eigenvalue weighted by molar-refractivity contribution is 6.35. The molecule has 0 radical (unpaired) electrons. The number of nitrogens with zero attached hydrogens (tertiary/aromatic N) is 2. The first-order valence-corrected chi connectivity index (χ1v) is 12.3. The Hall–Kier alpha value is -4.43. The van der Waals surface area contributed by atoms with Gasteiger partial charge in [-0.05, 0) is 47.9 Å². The number of amides is 1. The van der Waals surface area contributed by atoms with Crippen LogP contribution in [0.5, 0.6) is 0 Å². The van der Waals surface area contributed by atoms with Gasteiger partial charge in [0.1, 0.15) is 5.82 Å². The summed E-state index contributed by atoms with van der Waals surface area (Å²) in [6.45, 7) is 2.64. The molecule has 0 aliphatic carbocycles. The maximum absolute atomic E-state index is 14.5. The van der Waals surface area contributed by atoms with Gasteiger partial charge in [-0.25, -0.2) is 4.39 Å². The minimum Gasteiger partial charge on any atom is -0.360 e. The van der Waals surface area contributed by atoms with Crippen molar-refractivity contribution in [2.75, 3.05) is 0 Å². The monoisotopic (exact) mass is 530 g/mol. The summed E-state index contributed by atoms with van der Waals surface area (Å²) in [5.74, 6) is -0.893. The van der Waals surface area contributed by atoms with Gasteiger partial charge in [0, 0.05) is 53.7 Å². The number of benzene rings is 2. The number of hydrogen-bond acceptors (Lipinski definition) is 3. The van der Waals surface area contributed by atoms with Crippen molar-refractivity contribution in [2.45, 2.75) is 26.6 Å². The van der Waals surface area contributed by atoms with Crippen molar-refractivity contribution < 1.29 is 9.18 Å². The van der Waals surface area contributed by atoms with Gasteiger partial charge in [-0.15, -0.1) is 0 Å². The van der Waals surface area contributed by atoms with E-state index in [4.69, 9.17) is 11.6 Å². The minimum atomic E-state index is -0.461. The fraction of sp³-hybridized carbons (Fsp3) is 0.138. The van der Waals surface area contributed by atoms with Crippen LogP contribution in [0.4, 0.5) is 4.39 Å². The quantitative estimate of drug-likeness (QED) is 0.322. The number of carbonyl (C=O) groups is 1. The van der Waals surface area contributed by atoms with Crippen LogP contribution >= 0.6 is 11.6 Å². The minimum absolute atomic E-state index is 0.0353. The van der Waals surface area contributed by atoms with Crippen molar-refractivity contribution in [1.82, 2.24) is 19.4 Å². The Morgan fingerprint density at radius 3 is 2.58 bits per heavy atom. The number of H-pyrrole nitrogens is 1. The lowest BCUT2D eigenvalue weighted by atomic mass is 10.0. The van der Waals surface area contributed by atoms with Crippen molar-refractivity contribution in [2.24, 2.45) is 0 Å². The molecule has 1 amide bonds. The Morgan fingerprint density at radius 2 is 1.79 bits per heavy atom. The maximum Gasteiger partial charge on any atom is 0.253 e. The predicted molar refractivity (Wildman–Crippen MR) is 145 cm³/mol. The Labute approximate surface area is 222 Å². The van der Waals surface area contributed by atoms with Crippen LogP contribution in [0.1, 0.15) is 32.6 Å². The molecule has 3 aromatic heterocycles. The molecule has 0 bridgehead atoms. The summed E-state index contributed by atoms with van der Waals surface area (Å²) in [5, 5.41) is 3.85. The van der Waals surface area contributed by atoms with Gasteiger partial charge in [0.25, 0.3) is 17.0 Å². The number of fused-ring (bicyclic) bond motifs is 1. The van der Waals surface area contributed by atoms with E-state index in [1.165, 1.54) is 35.0 Å². The topological polar surface area (TPSA) is 88.9 Å². The lowest BCUT2D eigenvalue weighted by Gasteiger charge is -2.13. The Morgan fingerprint density at radius 1 is 0.974 bits per heavy atom. The first-order chi connectivity index (χ1) is 18.3. The van der Waals surface area contributed by atoms with Crippen molar-refractivity contribution in [1.29, 1.82) is 0 Å². The molecule has 0 atom stereocenters. The van der Waals surface area contributed by atoms with E-state index in [1.54, 1.807) is 29.1 Å². The number of aromatic nitrogens is 3. The average molecular weight is 531 g/mol. The molecular weight excluding hydrogens is 507 g/mol. The summed E-state index contributed by atoms with van der Waals surface area (Å²) >= 11 is 6.13. The van der Waals surface area contributed by atoms with Crippen molar-refractivity contribution in [3.8, 4) is 0 Å². The predicted octanol–water partition coefficient (Wildman–Crippen LogP) is 4.62. The smallest absolute Gasteiger partial charge is 0.253 e. The third-order valence-electron chi connectivity index (χ3n) is 6.48. The molecule has 3 heterocycles. The van der Waals surface area contributed by atoms with Crippen LogP contribution in [-0.4, -0.2) is 20.0 Å². The van der Waals surface area contributed by atoms with Gasteiger partial charge < -0.3 is 19.4 Å². The van der Waals surface area contributed by atoms with Gasteiger partial charge in [-0.1, -0.05) is 35.9 Å². The number of pyridine rings is 2. The molecule has 5 rings (SSSR count). The molecule has 0 saturated heterocycles. The Balaban J connectivity index is 1.30. The van der Waals surface area contributed by atoms with Gasteiger partial charge in [0.05, 0.1) is 23.7 Å². The maximum atomic E-state index is 14.5. The van der Waals surface area contributed by atoms with E-state index in [-0.39, 0.29) is 29.8 Å². The zero-order chi connectivity index (χ0) is 26.8. The second-order valence-corrected chi connectivity index (χ2v) is 9.53. The van der Waals surface area contributed by atoms with Gasteiger partial charge in [-0.3, -0.25) is 14.4 Å². The number of hydrogen-bond donors (Lipinski definition) is 2. The summed E-state index contributed by atoms with van der Waals surface area (Å²) in [6, 6.07) is 16.6. The highest BCUT2D eigenvalue weighted by atomic mass is 35.5. The van der Waals surface area contributed by atoms with Crippen molar-refractivity contribution >= 4 is 28.4 Å². The molecule has 0 fully saturated rings. The Bertz CT molecular complexity index is 1790. The molecular formula is C29H24ClFN4O3. The molecule has 38 heavy (non-hydrogen) atoms. The van der Waals surface area contributed by atoms with Crippen LogP contribution in [-0.2, 0) is 19.6 Å². The average Bonchev–Trinajstić information content (AvgIpc) is 3.25. The molecule has 0 aliphatic rings. The van der Waals surface area contributed by atoms with Crippen LogP contribution in [0.15, 0.2) is 88.8 Å². The molecule has 0 unspecified atom stereocenters. The molecule has 2 N–H and O–H groups in total. The highest BCUT2D eigenvalue weighted by Gasteiger charge is 2.12. The van der Waals surface area contributed by atoms with E-state index >= 15 is 0 Å². The number of halogens is 2. The third kappa shape index (κ3) is 5.31. The second-order valence-electron chi connectivity index (χ2n) is 9.12. The Kier molecular flexibility index (Phi) is 6.98. The van der Waals surface area contributed by atoms with Crippen LogP contribution < -0.4 is 16.4 Å². The fourth-order valence-electron chi connectivity index (χ4n) is 4.36. The molecule has 2 aromatic carbocycles. The van der Waals surface area contributed by atoms with Crippen LogP contribution in [0.2, 0.25) is 5.02 Å². The van der Waals surface area contributed by atoms with Crippen LogP contribution in [0, 0.1) is 12.7 Å². The van der Waals surface area contributed by atoms with Crippen LogP contribution in [0.3, 0.4) is 0 Å². The van der Waals surface area contributed by atoms with E-state index < -0.39 is 11.7 Å². The molecule has 9 heteroatoms. The summed E-state index contributed by atoms with van der Waals surface area (Å²) in [7, 11) is 0. The van der Waals surface area contributed by atoms with E-state index in [9.17, 15) is 18.8 Å². The molecule has 5 aromatic rings. The lowest BCUT2D eigenvalue weighted by Crippen LogP contribution is -2.27. The standard InChI is InChI=1S/C29H24ClFN4O3/c1-18-10-19(5-6-20(18)16-34-9-3-2-4-27(34)36)15-35-17-21(7-8-28(35)37)29(38)33-13-22-11-23-24(30)14-32-26(23)12-25(22)31/h2-12,14,17,32H,13,15-16H2,1H3,(H,33,38). The number of carbonyl (C=O) groups excluding carboxylic acids is 1. The molecule has 0 spiro atoms. The number of aromatic amines is 1. The molecule has 7 nitrogen and oxygen atoms in total. The van der Waals surface area contributed by atoms with Gasteiger partial charge >= 0.3 is 0 Å². The SMILES string of the molecule is Cc1cc(Cn2cc(C(=O)NCc3cc4c(Cl)c[nH]c4cc3F)ccc2=O)ccc1Cn1ccccc1=O. The normalized spacial score (nSPS) is 11.1. The summed E-state index contributed by atoms with van der Waals surface area (Å²) in [5.41, 5.74) is 3.69. The number of aryl methyl sites for hydroxylation is 1. The molecule has 0 aliphatic heterocycles. The van der Waals surface area contributed by atoms with Crippen molar-refractivity contribution in [3.63, 3.8) is 0 Å². The first-order valence-electron chi connectivity index (χ1n) is 12.0. The molecule has 192 valence electrons. The highest BCUT2D eigenvalue weighted by Crippen LogP contribution is 2.25. The first kappa shape index (κ1) is 25.2. The van der Waals surface area contributed by atoms with E-state index in [1.807, 2.05) is 31.2 Å². The third-order valence-corrected chi connectivity index (χ3v) is 6.80. The van der Waals surface area contributed by atoms with Gasteiger partial charge in [-0.2, -0.15) is 0 Å². The number of rotatable bonds is 7. The number of nitrogens with one attached hydrogen (secondary N) is 2. The summed E-state index contributed by atoms with van der Waals surface area (Å²) < 4.78 is 17.6. The van der Waals surface area contributed by atoms with E-state index in [0.717, 1.165) is 16.7 Å². The zero-order valence-electron chi connectivity index (χ0n) is 20.5.